The van der Waals surface area contributed by atoms with Crippen LogP contribution in [-0.2, 0) is 12.8 Å². The molecule has 6 rings (SSSR count). The molecule has 5 aromatic rings. The van der Waals surface area contributed by atoms with Gasteiger partial charge in [-0.1, -0.05) is 18.2 Å². The number of nitrogens with one attached hydrogen (secondary N) is 2. The van der Waals surface area contributed by atoms with E-state index in [1.54, 1.807) is 12.4 Å². The van der Waals surface area contributed by atoms with E-state index in [0.717, 1.165) is 35.9 Å². The first kappa shape index (κ1) is 18.9. The van der Waals surface area contributed by atoms with Crippen LogP contribution >= 0.6 is 0 Å². The second kappa shape index (κ2) is 7.37. The topological polar surface area (TPSA) is 79.4 Å². The van der Waals surface area contributed by atoms with E-state index in [0.29, 0.717) is 17.2 Å². The molecular weight excluding hydrogens is 403 g/mol. The molecule has 0 radical (unpaired) electrons. The number of pyridine rings is 2. The summed E-state index contributed by atoms with van der Waals surface area (Å²) >= 11 is 0. The monoisotopic (exact) mass is 424 g/mol. The van der Waals surface area contributed by atoms with E-state index in [1.807, 2.05) is 13.0 Å². The third-order valence-electron chi connectivity index (χ3n) is 6.18. The first-order valence-corrected chi connectivity index (χ1v) is 10.7. The second-order valence-electron chi connectivity index (χ2n) is 8.32. The SMILES string of the molecule is Cc1ccnc2c(N[C@@H]3CCc4[nH]c5ccccc5c4C3)nc(-c3cncc(F)c3)nc12. The van der Waals surface area contributed by atoms with Gasteiger partial charge in [0.1, 0.15) is 11.3 Å². The summed E-state index contributed by atoms with van der Waals surface area (Å²) in [4.78, 5) is 21.5. The summed E-state index contributed by atoms with van der Waals surface area (Å²) in [7, 11) is 0. The molecule has 1 atom stereocenters. The van der Waals surface area contributed by atoms with Crippen LogP contribution in [0.1, 0.15) is 23.2 Å². The van der Waals surface area contributed by atoms with Gasteiger partial charge in [0.2, 0.25) is 0 Å². The molecule has 1 aromatic carbocycles. The zero-order chi connectivity index (χ0) is 21.7. The minimum atomic E-state index is -0.414. The van der Waals surface area contributed by atoms with Gasteiger partial charge in [0.15, 0.2) is 11.6 Å². The molecular formula is C25H21FN6. The van der Waals surface area contributed by atoms with E-state index >= 15 is 0 Å². The number of aromatic amines is 1. The number of aromatic nitrogens is 5. The van der Waals surface area contributed by atoms with Crippen LogP contribution in [0.2, 0.25) is 0 Å². The van der Waals surface area contributed by atoms with Gasteiger partial charge in [-0.05, 0) is 55.5 Å². The lowest BCUT2D eigenvalue weighted by Gasteiger charge is -2.25. The molecule has 158 valence electrons. The number of nitrogens with zero attached hydrogens (tertiary/aromatic N) is 4. The maximum atomic E-state index is 13.8. The summed E-state index contributed by atoms with van der Waals surface area (Å²) < 4.78 is 13.8. The van der Waals surface area contributed by atoms with Crippen molar-refractivity contribution < 1.29 is 4.39 Å². The average Bonchev–Trinajstić information content (AvgIpc) is 3.18. The van der Waals surface area contributed by atoms with Crippen molar-refractivity contribution in [2.45, 2.75) is 32.2 Å². The van der Waals surface area contributed by atoms with E-state index in [9.17, 15) is 4.39 Å². The highest BCUT2D eigenvalue weighted by molar-refractivity contribution is 5.89. The van der Waals surface area contributed by atoms with Crippen molar-refractivity contribution in [1.82, 2.24) is 24.9 Å². The molecule has 1 aliphatic rings. The van der Waals surface area contributed by atoms with Crippen LogP contribution in [0.3, 0.4) is 0 Å². The number of benzene rings is 1. The molecule has 2 N–H and O–H groups in total. The van der Waals surface area contributed by atoms with Crippen LogP contribution in [-0.4, -0.2) is 31.0 Å². The van der Waals surface area contributed by atoms with Crippen LogP contribution in [0.5, 0.6) is 0 Å². The van der Waals surface area contributed by atoms with Crippen LogP contribution in [0, 0.1) is 12.7 Å². The summed E-state index contributed by atoms with van der Waals surface area (Å²) in [6.45, 7) is 1.99. The second-order valence-corrected chi connectivity index (χ2v) is 8.32. The summed E-state index contributed by atoms with van der Waals surface area (Å²) in [6, 6.07) is 12.0. The minimum Gasteiger partial charge on any atom is -0.365 e. The molecule has 0 unspecified atom stereocenters. The molecule has 4 heterocycles. The third-order valence-corrected chi connectivity index (χ3v) is 6.18. The smallest absolute Gasteiger partial charge is 0.163 e. The van der Waals surface area contributed by atoms with Crippen LogP contribution in [0.4, 0.5) is 10.2 Å². The van der Waals surface area contributed by atoms with Gasteiger partial charge in [-0.2, -0.15) is 0 Å². The Morgan fingerprint density at radius 2 is 2.00 bits per heavy atom. The maximum Gasteiger partial charge on any atom is 0.163 e. The number of halogens is 1. The summed E-state index contributed by atoms with van der Waals surface area (Å²) in [5.74, 6) is 0.695. The summed E-state index contributed by atoms with van der Waals surface area (Å²) in [6.07, 6.45) is 7.38. The van der Waals surface area contributed by atoms with Gasteiger partial charge in [-0.15, -0.1) is 0 Å². The molecule has 0 fully saturated rings. The summed E-state index contributed by atoms with van der Waals surface area (Å²) in [5.41, 5.74) is 6.88. The van der Waals surface area contributed by atoms with Crippen molar-refractivity contribution in [3.8, 4) is 11.4 Å². The van der Waals surface area contributed by atoms with E-state index in [2.05, 4.69) is 49.5 Å². The van der Waals surface area contributed by atoms with Gasteiger partial charge in [0.25, 0.3) is 0 Å². The number of hydrogen-bond donors (Lipinski definition) is 2. The first-order chi connectivity index (χ1) is 15.7. The Hall–Kier alpha value is -3.87. The number of fused-ring (bicyclic) bond motifs is 4. The van der Waals surface area contributed by atoms with Gasteiger partial charge in [-0.3, -0.25) is 9.97 Å². The molecule has 0 aliphatic heterocycles. The fourth-order valence-electron chi connectivity index (χ4n) is 4.60. The lowest BCUT2D eigenvalue weighted by atomic mass is 9.91. The zero-order valence-corrected chi connectivity index (χ0v) is 17.6. The van der Waals surface area contributed by atoms with Crippen LogP contribution in [0.15, 0.2) is 55.0 Å². The number of rotatable bonds is 3. The highest BCUT2D eigenvalue weighted by Crippen LogP contribution is 2.32. The minimum absolute atomic E-state index is 0.209. The van der Waals surface area contributed by atoms with Gasteiger partial charge in [-0.25, -0.2) is 14.4 Å². The molecule has 0 saturated heterocycles. The molecule has 1 aliphatic carbocycles. The van der Waals surface area contributed by atoms with E-state index in [4.69, 9.17) is 4.98 Å². The Morgan fingerprint density at radius 1 is 1.09 bits per heavy atom. The number of para-hydroxylation sites is 1. The Bertz CT molecular complexity index is 1470. The van der Waals surface area contributed by atoms with Crippen molar-refractivity contribution >= 4 is 27.8 Å². The number of anilines is 1. The van der Waals surface area contributed by atoms with Crippen LogP contribution in [0.25, 0.3) is 33.3 Å². The Labute approximate surface area is 184 Å². The fourth-order valence-corrected chi connectivity index (χ4v) is 4.60. The van der Waals surface area contributed by atoms with Crippen molar-refractivity contribution in [1.29, 1.82) is 0 Å². The highest BCUT2D eigenvalue weighted by Gasteiger charge is 2.24. The molecule has 32 heavy (non-hydrogen) atoms. The highest BCUT2D eigenvalue weighted by atomic mass is 19.1. The fraction of sp³-hybridized carbons (Fsp3) is 0.200. The van der Waals surface area contributed by atoms with Crippen molar-refractivity contribution in [3.05, 3.63) is 77.6 Å². The third kappa shape index (κ3) is 3.17. The largest absolute Gasteiger partial charge is 0.365 e. The van der Waals surface area contributed by atoms with Gasteiger partial charge >= 0.3 is 0 Å². The maximum absolute atomic E-state index is 13.8. The lowest BCUT2D eigenvalue weighted by Crippen LogP contribution is -2.28. The number of aryl methyl sites for hydroxylation is 2. The predicted molar refractivity (Wildman–Crippen MR) is 123 cm³/mol. The lowest BCUT2D eigenvalue weighted by molar-refractivity contribution is 0.606. The molecule has 6 nitrogen and oxygen atoms in total. The molecule has 0 saturated carbocycles. The van der Waals surface area contributed by atoms with Crippen molar-refractivity contribution in [2.75, 3.05) is 5.32 Å². The standard InChI is InChI=1S/C25H21FN6/c1-14-8-9-28-23-22(14)31-24(15-10-16(26)13-27-12-15)32-25(23)29-17-6-7-21-19(11-17)18-4-2-3-5-20(18)30-21/h2-5,8-10,12-13,17,30H,6-7,11H2,1H3,(H,29,31,32)/t17-/m1/s1. The average molecular weight is 424 g/mol. The Morgan fingerprint density at radius 3 is 2.91 bits per heavy atom. The van der Waals surface area contributed by atoms with E-state index in [-0.39, 0.29) is 6.04 Å². The Balaban J connectivity index is 1.41. The normalized spacial score (nSPS) is 15.8. The molecule has 7 heteroatoms. The van der Waals surface area contributed by atoms with Gasteiger partial charge < -0.3 is 10.3 Å². The molecule has 0 spiro atoms. The van der Waals surface area contributed by atoms with Crippen LogP contribution < -0.4 is 5.32 Å². The van der Waals surface area contributed by atoms with Gasteiger partial charge in [0.05, 0.1) is 11.7 Å². The number of H-pyrrole nitrogens is 1. The predicted octanol–water partition coefficient (Wildman–Crippen LogP) is 4.99. The molecule has 4 aromatic heterocycles. The van der Waals surface area contributed by atoms with E-state index < -0.39 is 5.82 Å². The van der Waals surface area contributed by atoms with Gasteiger partial charge in [0, 0.05) is 40.6 Å². The molecule has 0 bridgehead atoms. The quantitative estimate of drug-likeness (QED) is 0.427. The van der Waals surface area contributed by atoms with Crippen molar-refractivity contribution in [2.24, 2.45) is 0 Å². The first-order valence-electron chi connectivity index (χ1n) is 10.7. The summed E-state index contributed by atoms with van der Waals surface area (Å²) in [5, 5.41) is 4.91. The Kier molecular flexibility index (Phi) is 4.35. The number of hydrogen-bond acceptors (Lipinski definition) is 5. The van der Waals surface area contributed by atoms with E-state index in [1.165, 1.54) is 34.4 Å². The molecule has 0 amide bonds. The van der Waals surface area contributed by atoms with Crippen molar-refractivity contribution in [3.63, 3.8) is 0 Å². The zero-order valence-electron chi connectivity index (χ0n) is 17.6.